The fourth-order valence-corrected chi connectivity index (χ4v) is 3.84. The van der Waals surface area contributed by atoms with Gasteiger partial charge in [-0.1, -0.05) is 12.1 Å². The summed E-state index contributed by atoms with van der Waals surface area (Å²) in [6.45, 7) is 5.31. The lowest BCUT2D eigenvalue weighted by Gasteiger charge is -2.13. The van der Waals surface area contributed by atoms with Gasteiger partial charge in [0.1, 0.15) is 5.82 Å². The Morgan fingerprint density at radius 1 is 1.30 bits per heavy atom. The fourth-order valence-electron chi connectivity index (χ4n) is 2.93. The molecule has 1 aromatic carbocycles. The lowest BCUT2D eigenvalue weighted by Crippen LogP contribution is -2.37. The van der Waals surface area contributed by atoms with Crippen molar-refractivity contribution >= 4 is 46.4 Å². The molecule has 0 atom stereocenters. The van der Waals surface area contributed by atoms with Crippen molar-refractivity contribution in [3.8, 4) is 0 Å². The first-order valence-corrected chi connectivity index (χ1v) is 9.92. The highest BCUT2D eigenvalue weighted by molar-refractivity contribution is 14.0. The molecule has 1 aromatic heterocycles. The number of nitrogens with one attached hydrogen (secondary N) is 2. The average molecular weight is 503 g/mol. The van der Waals surface area contributed by atoms with Crippen LogP contribution in [0.2, 0.25) is 0 Å². The first-order chi connectivity index (χ1) is 12.7. The van der Waals surface area contributed by atoms with Gasteiger partial charge >= 0.3 is 0 Å². The zero-order valence-corrected chi connectivity index (χ0v) is 18.9. The molecule has 0 saturated carbocycles. The fraction of sp³-hybridized carbons (Fsp3) is 0.474. The van der Waals surface area contributed by atoms with Crippen LogP contribution in [-0.4, -0.2) is 37.6 Å². The Labute approximate surface area is 181 Å². The van der Waals surface area contributed by atoms with Gasteiger partial charge in [-0.15, -0.1) is 35.3 Å². The van der Waals surface area contributed by atoms with Crippen molar-refractivity contribution in [1.29, 1.82) is 0 Å². The molecule has 1 aliphatic heterocycles. The zero-order chi connectivity index (χ0) is 18.4. The number of halogens is 2. The second-order valence-electron chi connectivity index (χ2n) is 6.50. The van der Waals surface area contributed by atoms with Gasteiger partial charge in [0.25, 0.3) is 0 Å². The summed E-state index contributed by atoms with van der Waals surface area (Å²) in [7, 11) is 1.74. The first-order valence-electron chi connectivity index (χ1n) is 9.04. The smallest absolute Gasteiger partial charge is 0.191 e. The zero-order valence-electron chi connectivity index (χ0n) is 15.8. The molecule has 27 heavy (non-hydrogen) atoms. The number of aliphatic imine (C=N–C) groups is 1. The van der Waals surface area contributed by atoms with Crippen LogP contribution in [0.15, 0.2) is 28.6 Å². The number of hydrogen-bond donors (Lipinski definition) is 2. The molecule has 2 heterocycles. The molecular formula is C19H27FIN5S. The van der Waals surface area contributed by atoms with Crippen molar-refractivity contribution in [2.45, 2.75) is 32.7 Å². The van der Waals surface area contributed by atoms with Gasteiger partial charge in [-0.05, 0) is 37.0 Å². The van der Waals surface area contributed by atoms with Crippen LogP contribution in [0.1, 0.15) is 29.7 Å². The van der Waals surface area contributed by atoms with Crippen molar-refractivity contribution in [2.75, 3.05) is 31.6 Å². The number of guanidine groups is 1. The molecule has 1 aliphatic rings. The Kier molecular flexibility index (Phi) is 8.75. The Balaban J connectivity index is 0.00000261. The van der Waals surface area contributed by atoms with Gasteiger partial charge in [0.05, 0.1) is 5.69 Å². The molecule has 3 rings (SSSR count). The maximum atomic E-state index is 13.6. The normalized spacial score (nSPS) is 14.2. The molecule has 2 aromatic rings. The van der Waals surface area contributed by atoms with Crippen molar-refractivity contribution < 1.29 is 4.39 Å². The summed E-state index contributed by atoms with van der Waals surface area (Å²) in [6.07, 6.45) is 3.39. The molecule has 8 heteroatoms. The molecule has 5 nitrogen and oxygen atoms in total. The van der Waals surface area contributed by atoms with E-state index >= 15 is 0 Å². The van der Waals surface area contributed by atoms with Crippen molar-refractivity contribution in [2.24, 2.45) is 4.99 Å². The van der Waals surface area contributed by atoms with E-state index in [2.05, 4.69) is 25.9 Å². The summed E-state index contributed by atoms with van der Waals surface area (Å²) < 4.78 is 13.6. The average Bonchev–Trinajstić information content (AvgIpc) is 3.32. The number of benzene rings is 1. The lowest BCUT2D eigenvalue weighted by molar-refractivity contribution is 0.615. The van der Waals surface area contributed by atoms with E-state index in [1.54, 1.807) is 37.4 Å². The molecule has 0 radical (unpaired) electrons. The third-order valence-electron chi connectivity index (χ3n) is 4.51. The van der Waals surface area contributed by atoms with E-state index in [1.165, 1.54) is 12.8 Å². The van der Waals surface area contributed by atoms with Gasteiger partial charge in [0, 0.05) is 45.0 Å². The quantitative estimate of drug-likeness (QED) is 0.359. The van der Waals surface area contributed by atoms with Crippen molar-refractivity contribution in [3.05, 3.63) is 46.2 Å². The maximum Gasteiger partial charge on any atom is 0.191 e. The Morgan fingerprint density at radius 2 is 2.07 bits per heavy atom. The topological polar surface area (TPSA) is 52.6 Å². The summed E-state index contributed by atoms with van der Waals surface area (Å²) in [5, 5.41) is 9.78. The van der Waals surface area contributed by atoms with E-state index in [0.29, 0.717) is 18.1 Å². The van der Waals surface area contributed by atoms with Crippen molar-refractivity contribution in [1.82, 2.24) is 15.6 Å². The van der Waals surface area contributed by atoms with E-state index in [-0.39, 0.29) is 29.8 Å². The highest BCUT2D eigenvalue weighted by Gasteiger charge is 2.15. The van der Waals surface area contributed by atoms with Gasteiger partial charge in [0.15, 0.2) is 11.1 Å². The number of hydrogen-bond acceptors (Lipinski definition) is 4. The Morgan fingerprint density at radius 3 is 2.78 bits per heavy atom. The van der Waals surface area contributed by atoms with Crippen LogP contribution >= 0.6 is 35.3 Å². The van der Waals surface area contributed by atoms with Crippen LogP contribution in [0.3, 0.4) is 0 Å². The number of anilines is 1. The second kappa shape index (κ2) is 10.8. The van der Waals surface area contributed by atoms with Crippen LogP contribution in [-0.2, 0) is 13.0 Å². The number of aryl methyl sites for hydroxylation is 1. The van der Waals surface area contributed by atoms with Crippen LogP contribution in [0.5, 0.6) is 0 Å². The molecular weight excluding hydrogens is 476 g/mol. The van der Waals surface area contributed by atoms with Gasteiger partial charge in [-0.3, -0.25) is 4.99 Å². The largest absolute Gasteiger partial charge is 0.356 e. The molecule has 1 saturated heterocycles. The van der Waals surface area contributed by atoms with Gasteiger partial charge in [-0.2, -0.15) is 0 Å². The summed E-state index contributed by atoms with van der Waals surface area (Å²) >= 11 is 1.73. The van der Waals surface area contributed by atoms with E-state index in [9.17, 15) is 4.39 Å². The summed E-state index contributed by atoms with van der Waals surface area (Å²) in [4.78, 5) is 11.3. The molecule has 2 N–H and O–H groups in total. The number of rotatable bonds is 6. The van der Waals surface area contributed by atoms with Gasteiger partial charge < -0.3 is 15.5 Å². The molecule has 0 aliphatic carbocycles. The van der Waals surface area contributed by atoms with E-state index in [4.69, 9.17) is 4.98 Å². The molecule has 0 bridgehead atoms. The number of aromatic nitrogens is 1. The standard InChI is InChI=1S/C19H26FN5S.HI/c1-14-5-6-15(11-17(14)20)12-23-18(21-2)22-8-7-16-13-26-19(24-16)25-9-3-4-10-25;/h5-6,11,13H,3-4,7-10,12H2,1-2H3,(H2,21,22,23);1H. The Bertz CT molecular complexity index is 758. The lowest BCUT2D eigenvalue weighted by atomic mass is 10.1. The summed E-state index contributed by atoms with van der Waals surface area (Å²) in [6, 6.07) is 5.28. The number of thiazole rings is 1. The van der Waals surface area contributed by atoms with Crippen molar-refractivity contribution in [3.63, 3.8) is 0 Å². The van der Waals surface area contributed by atoms with E-state index in [1.807, 2.05) is 6.07 Å². The molecule has 0 amide bonds. The van der Waals surface area contributed by atoms with E-state index < -0.39 is 0 Å². The summed E-state index contributed by atoms with van der Waals surface area (Å²) in [5.74, 6) is 0.533. The van der Waals surface area contributed by atoms with Crippen LogP contribution in [0.25, 0.3) is 0 Å². The maximum absolute atomic E-state index is 13.6. The highest BCUT2D eigenvalue weighted by atomic mass is 127. The van der Waals surface area contributed by atoms with Gasteiger partial charge in [0.2, 0.25) is 0 Å². The summed E-state index contributed by atoms with van der Waals surface area (Å²) in [5.41, 5.74) is 2.67. The Hall–Kier alpha value is -1.42. The molecule has 1 fully saturated rings. The van der Waals surface area contributed by atoms with Crippen LogP contribution in [0.4, 0.5) is 9.52 Å². The highest BCUT2D eigenvalue weighted by Crippen LogP contribution is 2.24. The van der Waals surface area contributed by atoms with Crippen LogP contribution in [0, 0.1) is 12.7 Å². The minimum atomic E-state index is -0.176. The van der Waals surface area contributed by atoms with Gasteiger partial charge in [-0.25, -0.2) is 9.37 Å². The second-order valence-corrected chi connectivity index (χ2v) is 7.34. The molecule has 0 unspecified atom stereocenters. The van der Waals surface area contributed by atoms with Crippen LogP contribution < -0.4 is 15.5 Å². The third kappa shape index (κ3) is 6.31. The molecule has 0 spiro atoms. The monoisotopic (exact) mass is 503 g/mol. The third-order valence-corrected chi connectivity index (χ3v) is 5.46. The predicted octanol–water partition coefficient (Wildman–Crippen LogP) is 3.72. The molecule has 148 valence electrons. The first kappa shape index (κ1) is 21.9. The SMILES string of the molecule is CN=C(NCCc1csc(N2CCCC2)n1)NCc1ccc(C)c(F)c1.I. The number of nitrogens with zero attached hydrogens (tertiary/aromatic N) is 3. The minimum absolute atomic E-state index is 0. The van der Waals surface area contributed by atoms with E-state index in [0.717, 1.165) is 42.4 Å². The minimum Gasteiger partial charge on any atom is -0.356 e. The predicted molar refractivity (Wildman–Crippen MR) is 122 cm³/mol.